The molecule has 0 saturated carbocycles. The summed E-state index contributed by atoms with van der Waals surface area (Å²) < 4.78 is 16.3. The highest BCUT2D eigenvalue weighted by molar-refractivity contribution is 6.14. The zero-order valence-electron chi connectivity index (χ0n) is 16.7. The topological polar surface area (TPSA) is 89.7 Å². The van der Waals surface area contributed by atoms with Crippen molar-refractivity contribution in [3.05, 3.63) is 53.7 Å². The molecule has 0 spiro atoms. The number of aromatic nitrogens is 1. The molecule has 3 aromatic rings. The number of para-hydroxylation sites is 1. The monoisotopic (exact) mass is 396 g/mol. The Kier molecular flexibility index (Phi) is 6.39. The van der Waals surface area contributed by atoms with E-state index in [9.17, 15) is 9.59 Å². The molecule has 152 valence electrons. The quantitative estimate of drug-likeness (QED) is 0.551. The first kappa shape index (κ1) is 20.3. The highest BCUT2D eigenvalue weighted by Crippen LogP contribution is 2.31. The van der Waals surface area contributed by atoms with E-state index in [4.69, 9.17) is 14.2 Å². The number of nitrogens with one attached hydrogen (secondary N) is 2. The van der Waals surface area contributed by atoms with Crippen LogP contribution >= 0.6 is 0 Å². The van der Waals surface area contributed by atoms with Crippen LogP contribution in [0.3, 0.4) is 0 Å². The van der Waals surface area contributed by atoms with E-state index in [1.165, 1.54) is 0 Å². The van der Waals surface area contributed by atoms with Crippen molar-refractivity contribution in [3.63, 3.8) is 0 Å². The minimum absolute atomic E-state index is 0.206. The molecule has 29 heavy (non-hydrogen) atoms. The van der Waals surface area contributed by atoms with Crippen molar-refractivity contribution in [2.45, 2.75) is 20.8 Å². The molecule has 7 heteroatoms. The number of amides is 1. The predicted molar refractivity (Wildman–Crippen MR) is 111 cm³/mol. The van der Waals surface area contributed by atoms with E-state index in [0.717, 1.165) is 10.9 Å². The van der Waals surface area contributed by atoms with Gasteiger partial charge in [0.2, 0.25) is 0 Å². The molecule has 1 heterocycles. The van der Waals surface area contributed by atoms with Crippen LogP contribution in [0.25, 0.3) is 10.9 Å². The lowest BCUT2D eigenvalue weighted by Crippen LogP contribution is -2.15. The molecular weight excluding hydrogens is 372 g/mol. The summed E-state index contributed by atoms with van der Waals surface area (Å²) in [4.78, 5) is 28.3. The Labute approximate surface area is 169 Å². The number of carbonyl (C=O) groups excluding carboxylic acids is 2. The Hall–Kier alpha value is -3.48. The molecule has 0 radical (unpaired) electrons. The molecular formula is C22H24N2O5. The maximum atomic E-state index is 12.9. The minimum Gasteiger partial charge on any atom is -0.490 e. The van der Waals surface area contributed by atoms with Crippen LogP contribution in [0.5, 0.6) is 11.5 Å². The lowest BCUT2D eigenvalue weighted by Gasteiger charge is -2.13. The molecule has 0 aliphatic carbocycles. The van der Waals surface area contributed by atoms with E-state index in [2.05, 4.69) is 10.3 Å². The Morgan fingerprint density at radius 1 is 0.931 bits per heavy atom. The van der Waals surface area contributed by atoms with E-state index in [1.54, 1.807) is 25.1 Å². The van der Waals surface area contributed by atoms with E-state index in [1.807, 2.05) is 38.1 Å². The Bertz CT molecular complexity index is 1030. The third kappa shape index (κ3) is 4.34. The molecule has 0 unspecified atom stereocenters. The standard InChI is InChI=1S/C22H24N2O5/c1-4-27-17-12-11-14(13-18(17)28-5-2)21(25)24-19-15-9-7-8-10-16(15)23-20(19)22(26)29-6-3/h7-13,23H,4-6H2,1-3H3,(H,24,25). The summed E-state index contributed by atoms with van der Waals surface area (Å²) in [7, 11) is 0. The molecule has 1 amide bonds. The van der Waals surface area contributed by atoms with Crippen molar-refractivity contribution in [3.8, 4) is 11.5 Å². The van der Waals surface area contributed by atoms with Gasteiger partial charge in [0.05, 0.1) is 25.5 Å². The second-order valence-corrected chi connectivity index (χ2v) is 6.12. The van der Waals surface area contributed by atoms with Crippen LogP contribution in [0.2, 0.25) is 0 Å². The van der Waals surface area contributed by atoms with Crippen molar-refractivity contribution < 1.29 is 23.8 Å². The number of rotatable bonds is 8. The number of aromatic amines is 1. The van der Waals surface area contributed by atoms with E-state index in [0.29, 0.717) is 36.0 Å². The van der Waals surface area contributed by atoms with Gasteiger partial charge in [-0.15, -0.1) is 0 Å². The SMILES string of the molecule is CCOC(=O)c1[nH]c2ccccc2c1NC(=O)c1ccc(OCC)c(OCC)c1. The molecule has 1 aromatic heterocycles. The van der Waals surface area contributed by atoms with Gasteiger partial charge in [0.15, 0.2) is 11.5 Å². The fraction of sp³-hybridized carbons (Fsp3) is 0.273. The number of esters is 1. The zero-order valence-corrected chi connectivity index (χ0v) is 16.7. The summed E-state index contributed by atoms with van der Waals surface area (Å²) in [5.74, 6) is 0.168. The van der Waals surface area contributed by atoms with Gasteiger partial charge in [-0.1, -0.05) is 18.2 Å². The normalized spacial score (nSPS) is 10.6. The molecule has 0 saturated heterocycles. The second kappa shape index (κ2) is 9.14. The predicted octanol–water partition coefficient (Wildman–Crippen LogP) is 4.39. The van der Waals surface area contributed by atoms with E-state index < -0.39 is 5.97 Å². The number of anilines is 1. The molecule has 0 aliphatic rings. The highest BCUT2D eigenvalue weighted by Gasteiger charge is 2.21. The second-order valence-electron chi connectivity index (χ2n) is 6.12. The molecule has 2 aromatic carbocycles. The van der Waals surface area contributed by atoms with Crippen LogP contribution in [0.1, 0.15) is 41.6 Å². The minimum atomic E-state index is -0.527. The van der Waals surface area contributed by atoms with Crippen molar-refractivity contribution in [2.75, 3.05) is 25.1 Å². The molecule has 3 rings (SSSR count). The van der Waals surface area contributed by atoms with Crippen LogP contribution in [0.4, 0.5) is 5.69 Å². The number of hydrogen-bond donors (Lipinski definition) is 2. The lowest BCUT2D eigenvalue weighted by molar-refractivity contribution is 0.0522. The Morgan fingerprint density at radius 3 is 2.38 bits per heavy atom. The van der Waals surface area contributed by atoms with Crippen molar-refractivity contribution in [2.24, 2.45) is 0 Å². The fourth-order valence-corrected chi connectivity index (χ4v) is 3.01. The van der Waals surface area contributed by atoms with Gasteiger partial charge in [0.1, 0.15) is 5.69 Å². The van der Waals surface area contributed by atoms with Gasteiger partial charge in [-0.3, -0.25) is 4.79 Å². The number of carbonyl (C=O) groups is 2. The molecule has 0 atom stereocenters. The number of hydrogen-bond acceptors (Lipinski definition) is 5. The van der Waals surface area contributed by atoms with Crippen molar-refractivity contribution in [1.82, 2.24) is 4.98 Å². The average molecular weight is 396 g/mol. The number of H-pyrrole nitrogens is 1. The lowest BCUT2D eigenvalue weighted by atomic mass is 10.1. The largest absolute Gasteiger partial charge is 0.490 e. The van der Waals surface area contributed by atoms with Crippen LogP contribution in [0.15, 0.2) is 42.5 Å². The third-order valence-corrected chi connectivity index (χ3v) is 4.23. The van der Waals surface area contributed by atoms with Crippen LogP contribution in [-0.2, 0) is 4.74 Å². The van der Waals surface area contributed by atoms with Gasteiger partial charge in [0, 0.05) is 16.5 Å². The summed E-state index contributed by atoms with van der Waals surface area (Å²) in [5, 5.41) is 3.56. The Morgan fingerprint density at radius 2 is 1.66 bits per heavy atom. The average Bonchev–Trinajstić information content (AvgIpc) is 3.08. The summed E-state index contributed by atoms with van der Waals surface area (Å²) in [6.45, 7) is 6.64. The third-order valence-electron chi connectivity index (χ3n) is 4.23. The zero-order chi connectivity index (χ0) is 20.8. The smallest absolute Gasteiger partial charge is 0.356 e. The summed E-state index contributed by atoms with van der Waals surface area (Å²) >= 11 is 0. The molecule has 0 fully saturated rings. The van der Waals surface area contributed by atoms with Crippen LogP contribution in [0, 0.1) is 0 Å². The molecule has 0 bridgehead atoms. The van der Waals surface area contributed by atoms with Gasteiger partial charge in [-0.25, -0.2) is 4.79 Å². The van der Waals surface area contributed by atoms with Gasteiger partial charge in [-0.05, 0) is 45.0 Å². The van der Waals surface area contributed by atoms with E-state index in [-0.39, 0.29) is 18.2 Å². The van der Waals surface area contributed by atoms with E-state index >= 15 is 0 Å². The first-order valence-electron chi connectivity index (χ1n) is 9.57. The van der Waals surface area contributed by atoms with Gasteiger partial charge < -0.3 is 24.5 Å². The first-order chi connectivity index (χ1) is 14.1. The number of benzene rings is 2. The maximum absolute atomic E-state index is 12.9. The van der Waals surface area contributed by atoms with Crippen molar-refractivity contribution >= 4 is 28.5 Å². The van der Waals surface area contributed by atoms with Crippen LogP contribution in [-0.4, -0.2) is 36.7 Å². The Balaban J connectivity index is 1.96. The van der Waals surface area contributed by atoms with Crippen LogP contribution < -0.4 is 14.8 Å². The van der Waals surface area contributed by atoms with Gasteiger partial charge in [-0.2, -0.15) is 0 Å². The van der Waals surface area contributed by atoms with Gasteiger partial charge in [0.25, 0.3) is 5.91 Å². The molecule has 2 N–H and O–H groups in total. The highest BCUT2D eigenvalue weighted by atomic mass is 16.5. The number of ether oxygens (including phenoxy) is 3. The maximum Gasteiger partial charge on any atom is 0.356 e. The molecule has 7 nitrogen and oxygen atoms in total. The number of fused-ring (bicyclic) bond motifs is 1. The summed E-state index contributed by atoms with van der Waals surface area (Å²) in [5.41, 5.74) is 1.71. The van der Waals surface area contributed by atoms with Gasteiger partial charge >= 0.3 is 5.97 Å². The van der Waals surface area contributed by atoms with Crippen molar-refractivity contribution in [1.29, 1.82) is 0 Å². The first-order valence-corrected chi connectivity index (χ1v) is 9.57. The summed E-state index contributed by atoms with van der Waals surface area (Å²) in [6, 6.07) is 12.3. The summed E-state index contributed by atoms with van der Waals surface area (Å²) in [6.07, 6.45) is 0. The fourth-order valence-electron chi connectivity index (χ4n) is 3.01. The molecule has 0 aliphatic heterocycles.